The molecule has 1 aromatic carbocycles. The van der Waals surface area contributed by atoms with Crippen LogP contribution in [0.15, 0.2) is 29.2 Å². The van der Waals surface area contributed by atoms with Crippen molar-refractivity contribution in [1.29, 1.82) is 0 Å². The first-order valence-electron chi connectivity index (χ1n) is 5.31. The lowest BCUT2D eigenvalue weighted by molar-refractivity contribution is 0.407. The Morgan fingerprint density at radius 2 is 1.71 bits per heavy atom. The lowest BCUT2D eigenvalue weighted by atomic mass is 9.98. The van der Waals surface area contributed by atoms with Crippen LogP contribution in [0.5, 0.6) is 0 Å². The average molecular weight is 257 g/mol. The van der Waals surface area contributed by atoms with E-state index < -0.39 is 10.0 Å². The smallest absolute Gasteiger partial charge is 0.240 e. The van der Waals surface area contributed by atoms with E-state index in [0.717, 1.165) is 0 Å². The van der Waals surface area contributed by atoms with Crippen LogP contribution in [0.4, 0.5) is 5.69 Å². The fraction of sp³-hybridized carbons (Fsp3) is 0.455. The maximum atomic E-state index is 11.9. The molecule has 0 unspecified atom stereocenters. The molecule has 5 nitrogen and oxygen atoms in total. The van der Waals surface area contributed by atoms with Gasteiger partial charge >= 0.3 is 0 Å². The minimum Gasteiger partial charge on any atom is -0.324 e. The predicted octanol–water partition coefficient (Wildman–Crippen LogP) is 1.30. The van der Waals surface area contributed by atoms with Crippen LogP contribution in [0.25, 0.3) is 0 Å². The second kappa shape index (κ2) is 5.03. The SMILES string of the molecule is CC(C)(C)CNS(=O)(=O)c1ccc(NN)cc1. The molecule has 0 saturated carbocycles. The van der Waals surface area contributed by atoms with Gasteiger partial charge in [-0.15, -0.1) is 0 Å². The number of nitrogen functional groups attached to an aromatic ring is 1. The second-order valence-corrected chi connectivity index (χ2v) is 6.82. The van der Waals surface area contributed by atoms with Gasteiger partial charge in [-0.3, -0.25) is 5.84 Å². The monoisotopic (exact) mass is 257 g/mol. The highest BCUT2D eigenvalue weighted by molar-refractivity contribution is 7.89. The van der Waals surface area contributed by atoms with Crippen molar-refractivity contribution in [3.63, 3.8) is 0 Å². The van der Waals surface area contributed by atoms with E-state index in [0.29, 0.717) is 12.2 Å². The van der Waals surface area contributed by atoms with Crippen molar-refractivity contribution < 1.29 is 8.42 Å². The quantitative estimate of drug-likeness (QED) is 0.560. The van der Waals surface area contributed by atoms with Crippen molar-refractivity contribution in [2.24, 2.45) is 11.3 Å². The second-order valence-electron chi connectivity index (χ2n) is 5.05. The van der Waals surface area contributed by atoms with Crippen molar-refractivity contribution >= 4 is 15.7 Å². The highest BCUT2D eigenvalue weighted by atomic mass is 32.2. The first kappa shape index (κ1) is 14.0. The number of nitrogens with two attached hydrogens (primary N) is 1. The predicted molar refractivity (Wildman–Crippen MR) is 68.9 cm³/mol. The van der Waals surface area contributed by atoms with Crippen LogP contribution in [0.2, 0.25) is 0 Å². The molecule has 0 atom stereocenters. The van der Waals surface area contributed by atoms with Crippen LogP contribution in [0.3, 0.4) is 0 Å². The third kappa shape index (κ3) is 4.33. The Morgan fingerprint density at radius 1 is 1.18 bits per heavy atom. The van der Waals surface area contributed by atoms with Crippen molar-refractivity contribution in [2.45, 2.75) is 25.7 Å². The van der Waals surface area contributed by atoms with Crippen molar-refractivity contribution in [1.82, 2.24) is 4.72 Å². The maximum absolute atomic E-state index is 11.9. The van der Waals surface area contributed by atoms with Gasteiger partial charge in [-0.1, -0.05) is 20.8 Å². The minimum absolute atomic E-state index is 0.0914. The Labute approximate surface area is 102 Å². The van der Waals surface area contributed by atoms with E-state index in [4.69, 9.17) is 5.84 Å². The molecule has 0 aliphatic rings. The summed E-state index contributed by atoms with van der Waals surface area (Å²) in [6, 6.07) is 6.26. The van der Waals surface area contributed by atoms with E-state index >= 15 is 0 Å². The van der Waals surface area contributed by atoms with E-state index in [-0.39, 0.29) is 10.3 Å². The molecule has 1 rings (SSSR count). The summed E-state index contributed by atoms with van der Waals surface area (Å²) in [5.41, 5.74) is 3.02. The van der Waals surface area contributed by atoms with Gasteiger partial charge in [0, 0.05) is 12.2 Å². The third-order valence-electron chi connectivity index (χ3n) is 2.12. The third-order valence-corrected chi connectivity index (χ3v) is 3.54. The van der Waals surface area contributed by atoms with E-state index in [9.17, 15) is 8.42 Å². The molecule has 0 spiro atoms. The summed E-state index contributed by atoms with van der Waals surface area (Å²) in [4.78, 5) is 0.237. The normalized spacial score (nSPS) is 12.5. The Hall–Kier alpha value is -1.11. The van der Waals surface area contributed by atoms with Crippen LogP contribution >= 0.6 is 0 Å². The number of anilines is 1. The Balaban J connectivity index is 2.82. The number of hydrazine groups is 1. The summed E-state index contributed by atoms with van der Waals surface area (Å²) in [6.45, 7) is 6.30. The molecule has 0 saturated heterocycles. The first-order valence-corrected chi connectivity index (χ1v) is 6.79. The van der Waals surface area contributed by atoms with E-state index in [2.05, 4.69) is 10.1 Å². The summed E-state index contributed by atoms with van der Waals surface area (Å²) in [5, 5.41) is 0. The summed E-state index contributed by atoms with van der Waals surface area (Å²) in [7, 11) is -3.44. The topological polar surface area (TPSA) is 84.2 Å². The molecule has 0 bridgehead atoms. The molecule has 0 aliphatic heterocycles. The van der Waals surface area contributed by atoms with Gasteiger partial charge in [0.25, 0.3) is 0 Å². The van der Waals surface area contributed by atoms with Gasteiger partial charge in [0.15, 0.2) is 0 Å². The molecule has 0 aromatic heterocycles. The summed E-state index contributed by atoms with van der Waals surface area (Å²) < 4.78 is 26.4. The molecule has 0 amide bonds. The van der Waals surface area contributed by atoms with Crippen LogP contribution < -0.4 is 16.0 Å². The molecule has 0 aliphatic carbocycles. The fourth-order valence-corrected chi connectivity index (χ4v) is 2.41. The minimum atomic E-state index is -3.44. The lowest BCUT2D eigenvalue weighted by Gasteiger charge is -2.18. The summed E-state index contributed by atoms with van der Waals surface area (Å²) in [6.07, 6.45) is 0. The molecular formula is C11H19N3O2S. The molecular weight excluding hydrogens is 238 g/mol. The van der Waals surface area contributed by atoms with Crippen molar-refractivity contribution in [2.75, 3.05) is 12.0 Å². The Kier molecular flexibility index (Phi) is 4.13. The van der Waals surface area contributed by atoms with Gasteiger partial charge in [0.1, 0.15) is 0 Å². The van der Waals surface area contributed by atoms with Crippen molar-refractivity contribution in [3.8, 4) is 0 Å². The van der Waals surface area contributed by atoms with Gasteiger partial charge < -0.3 is 5.43 Å². The molecule has 96 valence electrons. The van der Waals surface area contributed by atoms with Gasteiger partial charge in [0.05, 0.1) is 4.90 Å². The lowest BCUT2D eigenvalue weighted by Crippen LogP contribution is -2.32. The molecule has 6 heteroatoms. The highest BCUT2D eigenvalue weighted by Gasteiger charge is 2.18. The zero-order chi connectivity index (χ0) is 13.1. The molecule has 0 heterocycles. The first-order chi connectivity index (χ1) is 7.74. The largest absolute Gasteiger partial charge is 0.324 e. The number of hydrogen-bond acceptors (Lipinski definition) is 4. The van der Waals surface area contributed by atoms with E-state index in [1.54, 1.807) is 12.1 Å². The van der Waals surface area contributed by atoms with E-state index in [1.165, 1.54) is 12.1 Å². The highest BCUT2D eigenvalue weighted by Crippen LogP contribution is 2.15. The summed E-state index contributed by atoms with van der Waals surface area (Å²) >= 11 is 0. The number of hydrogen-bond donors (Lipinski definition) is 3. The molecule has 4 N–H and O–H groups in total. The zero-order valence-corrected chi connectivity index (χ0v) is 11.1. The fourth-order valence-electron chi connectivity index (χ4n) is 1.13. The number of sulfonamides is 1. The zero-order valence-electron chi connectivity index (χ0n) is 10.3. The Bertz CT molecular complexity index is 460. The molecule has 17 heavy (non-hydrogen) atoms. The van der Waals surface area contributed by atoms with Crippen molar-refractivity contribution in [3.05, 3.63) is 24.3 Å². The molecule has 1 aromatic rings. The Morgan fingerprint density at radius 3 is 2.12 bits per heavy atom. The number of benzene rings is 1. The molecule has 0 radical (unpaired) electrons. The van der Waals surface area contributed by atoms with Gasteiger partial charge in [0.2, 0.25) is 10.0 Å². The standard InChI is InChI=1S/C11H19N3O2S/c1-11(2,3)8-13-17(15,16)10-6-4-9(14-12)5-7-10/h4-7,13-14H,8,12H2,1-3H3. The summed E-state index contributed by atoms with van der Waals surface area (Å²) in [5.74, 6) is 5.21. The van der Waals surface area contributed by atoms with Crippen LogP contribution in [-0.2, 0) is 10.0 Å². The van der Waals surface area contributed by atoms with E-state index in [1.807, 2.05) is 20.8 Å². The van der Waals surface area contributed by atoms with Crippen LogP contribution in [-0.4, -0.2) is 15.0 Å². The average Bonchev–Trinajstić information content (AvgIpc) is 2.26. The molecule has 0 fully saturated rings. The van der Waals surface area contributed by atoms with Gasteiger partial charge in [-0.25, -0.2) is 13.1 Å². The van der Waals surface area contributed by atoms with Gasteiger partial charge in [-0.05, 0) is 29.7 Å². The van der Waals surface area contributed by atoms with Gasteiger partial charge in [-0.2, -0.15) is 0 Å². The maximum Gasteiger partial charge on any atom is 0.240 e. The number of nitrogens with one attached hydrogen (secondary N) is 2. The van der Waals surface area contributed by atoms with Crippen LogP contribution in [0.1, 0.15) is 20.8 Å². The number of rotatable bonds is 4. The van der Waals surface area contributed by atoms with Crippen LogP contribution in [0, 0.1) is 5.41 Å².